The lowest BCUT2D eigenvalue weighted by Gasteiger charge is -2.35. The van der Waals surface area contributed by atoms with Crippen LogP contribution in [0.2, 0.25) is 0 Å². The van der Waals surface area contributed by atoms with E-state index in [9.17, 15) is 10.5 Å². The van der Waals surface area contributed by atoms with Crippen LogP contribution < -0.4 is 14.7 Å². The van der Waals surface area contributed by atoms with Crippen molar-refractivity contribution in [3.05, 3.63) is 199 Å². The summed E-state index contributed by atoms with van der Waals surface area (Å²) in [4.78, 5) is 5.38. The van der Waals surface area contributed by atoms with Crippen LogP contribution in [0.3, 0.4) is 0 Å². The Morgan fingerprint density at radius 2 is 0.520 bits per heavy atom. The first kappa shape index (κ1) is 31.4. The number of anilines is 9. The second kappa shape index (κ2) is 14.3. The summed E-state index contributed by atoms with van der Waals surface area (Å²) < 4.78 is 18.3. The lowest BCUT2D eigenvalue weighted by molar-refractivity contribution is 0.629. The van der Waals surface area contributed by atoms with Gasteiger partial charge in [0, 0.05) is 34.1 Å². The molecule has 0 aliphatic heterocycles. The molecule has 0 aliphatic carbocycles. The molecule has 0 spiro atoms. The van der Waals surface area contributed by atoms with Crippen LogP contribution in [-0.4, -0.2) is 0 Å². The van der Waals surface area contributed by atoms with E-state index in [-0.39, 0.29) is 28.2 Å². The largest absolute Gasteiger partial charge is 0.308 e. The van der Waals surface area contributed by atoms with Crippen molar-refractivity contribution < 1.29 is 4.39 Å². The molecule has 0 aliphatic rings. The van der Waals surface area contributed by atoms with Crippen LogP contribution in [0.15, 0.2) is 182 Å². The fourth-order valence-electron chi connectivity index (χ4n) is 6.22. The van der Waals surface area contributed by atoms with Gasteiger partial charge in [-0.3, -0.25) is 0 Å². The fraction of sp³-hybridized carbons (Fsp3) is 0. The van der Waals surface area contributed by atoms with E-state index in [1.165, 1.54) is 0 Å². The minimum Gasteiger partial charge on any atom is -0.308 e. The van der Waals surface area contributed by atoms with Gasteiger partial charge >= 0.3 is 0 Å². The zero-order valence-electron chi connectivity index (χ0n) is 26.9. The summed E-state index contributed by atoms with van der Waals surface area (Å²) in [7, 11) is 0. The zero-order valence-corrected chi connectivity index (χ0v) is 26.9. The first-order chi connectivity index (χ1) is 24.7. The number of hydrogen-bond acceptors (Lipinski definition) is 5. The molecule has 0 heterocycles. The molecule has 0 bridgehead atoms. The van der Waals surface area contributed by atoms with Crippen LogP contribution in [0, 0.1) is 28.5 Å². The molecule has 7 aromatic carbocycles. The molecule has 0 saturated carbocycles. The normalized spacial score (nSPS) is 10.5. The van der Waals surface area contributed by atoms with Crippen LogP contribution in [0.1, 0.15) is 11.1 Å². The summed E-state index contributed by atoms with van der Waals surface area (Å²) in [6, 6.07) is 61.4. The Hall–Kier alpha value is -7.15. The van der Waals surface area contributed by atoms with E-state index in [1.807, 2.05) is 187 Å². The zero-order chi connectivity index (χ0) is 34.3. The van der Waals surface area contributed by atoms with E-state index in [0.29, 0.717) is 34.1 Å². The van der Waals surface area contributed by atoms with Gasteiger partial charge in [0.15, 0.2) is 5.82 Å². The fourth-order valence-corrected chi connectivity index (χ4v) is 6.22. The third-order valence-corrected chi connectivity index (χ3v) is 8.34. The van der Waals surface area contributed by atoms with Gasteiger partial charge in [-0.25, -0.2) is 4.39 Å². The lowest BCUT2D eigenvalue weighted by atomic mass is 9.97. The van der Waals surface area contributed by atoms with Crippen molar-refractivity contribution in [2.75, 3.05) is 14.7 Å². The number of hydrogen-bond donors (Lipinski definition) is 0. The minimum absolute atomic E-state index is 0.00397. The van der Waals surface area contributed by atoms with Gasteiger partial charge in [-0.2, -0.15) is 10.5 Å². The Morgan fingerprint density at radius 3 is 0.720 bits per heavy atom. The summed E-state index contributed by atoms with van der Waals surface area (Å²) in [5.41, 5.74) is 4.28. The Morgan fingerprint density at radius 1 is 0.320 bits per heavy atom. The summed E-state index contributed by atoms with van der Waals surface area (Å²) >= 11 is 0. The van der Waals surface area contributed by atoms with Crippen LogP contribution in [-0.2, 0) is 0 Å². The van der Waals surface area contributed by atoms with Gasteiger partial charge < -0.3 is 14.7 Å². The molecular formula is C44H30FN5. The Labute approximate surface area is 291 Å². The topological polar surface area (TPSA) is 57.3 Å². The number of nitrogens with zero attached hydrogens (tertiary/aromatic N) is 5. The average molecular weight is 648 g/mol. The Bertz CT molecular complexity index is 2050. The Balaban J connectivity index is 1.70. The molecule has 50 heavy (non-hydrogen) atoms. The summed E-state index contributed by atoms with van der Waals surface area (Å²) in [6.07, 6.45) is 0. The predicted molar refractivity (Wildman–Crippen MR) is 200 cm³/mol. The van der Waals surface area contributed by atoms with Crippen molar-refractivity contribution in [1.29, 1.82) is 10.5 Å². The first-order valence-corrected chi connectivity index (χ1v) is 16.1. The molecule has 6 heteroatoms. The van der Waals surface area contributed by atoms with Crippen LogP contribution in [0.4, 0.5) is 55.6 Å². The number of halogens is 1. The summed E-state index contributed by atoms with van der Waals surface area (Å²) in [6.45, 7) is 0. The molecule has 0 amide bonds. The predicted octanol–water partition coefficient (Wildman–Crippen LogP) is 12.0. The lowest BCUT2D eigenvalue weighted by Crippen LogP contribution is -2.22. The van der Waals surface area contributed by atoms with Crippen molar-refractivity contribution in [3.63, 3.8) is 0 Å². The smallest absolute Gasteiger partial charge is 0.174 e. The third-order valence-electron chi connectivity index (χ3n) is 8.34. The maximum atomic E-state index is 18.3. The molecule has 238 valence electrons. The monoisotopic (exact) mass is 647 g/mol. The van der Waals surface area contributed by atoms with Crippen molar-refractivity contribution in [2.24, 2.45) is 0 Å². The molecule has 7 aromatic rings. The first-order valence-electron chi connectivity index (χ1n) is 16.1. The third kappa shape index (κ3) is 5.90. The van der Waals surface area contributed by atoms with Gasteiger partial charge in [0.1, 0.15) is 34.6 Å². The van der Waals surface area contributed by atoms with Crippen molar-refractivity contribution in [1.82, 2.24) is 0 Å². The molecule has 0 N–H and O–H groups in total. The molecule has 0 fully saturated rings. The van der Waals surface area contributed by atoms with Gasteiger partial charge in [-0.15, -0.1) is 0 Å². The van der Waals surface area contributed by atoms with E-state index in [4.69, 9.17) is 0 Å². The highest BCUT2D eigenvalue weighted by atomic mass is 19.1. The highest BCUT2D eigenvalue weighted by Gasteiger charge is 2.35. The number of para-hydroxylation sites is 6. The number of benzene rings is 7. The van der Waals surface area contributed by atoms with Crippen molar-refractivity contribution >= 4 is 51.2 Å². The average Bonchev–Trinajstić information content (AvgIpc) is 3.19. The second-order valence-corrected chi connectivity index (χ2v) is 11.4. The van der Waals surface area contributed by atoms with Crippen molar-refractivity contribution in [2.45, 2.75) is 0 Å². The Kier molecular flexibility index (Phi) is 9.00. The molecule has 0 radical (unpaired) electrons. The van der Waals surface area contributed by atoms with E-state index >= 15 is 4.39 Å². The summed E-state index contributed by atoms with van der Waals surface area (Å²) in [5.74, 6) is -0.719. The number of nitriles is 2. The van der Waals surface area contributed by atoms with E-state index < -0.39 is 5.82 Å². The second-order valence-electron chi connectivity index (χ2n) is 11.4. The SMILES string of the molecule is N#Cc1c(N(c2ccccc2)c2ccccc2)c(F)c(N(c2ccccc2)c2ccccc2)c(C#N)c1N(c1ccccc1)c1ccccc1. The molecule has 5 nitrogen and oxygen atoms in total. The molecule has 0 unspecified atom stereocenters. The molecule has 0 aromatic heterocycles. The van der Waals surface area contributed by atoms with E-state index in [2.05, 4.69) is 12.1 Å². The van der Waals surface area contributed by atoms with E-state index in [1.54, 1.807) is 9.80 Å². The maximum Gasteiger partial charge on any atom is 0.174 e. The van der Waals surface area contributed by atoms with Gasteiger partial charge in [0.05, 0.1) is 5.69 Å². The highest BCUT2D eigenvalue weighted by molar-refractivity contribution is 5.98. The maximum absolute atomic E-state index is 18.3. The molecular weight excluding hydrogens is 618 g/mol. The quantitative estimate of drug-likeness (QED) is 0.156. The molecule has 7 rings (SSSR count). The van der Waals surface area contributed by atoms with Gasteiger partial charge in [0.25, 0.3) is 0 Å². The number of rotatable bonds is 9. The van der Waals surface area contributed by atoms with Crippen LogP contribution in [0.25, 0.3) is 0 Å². The molecule has 0 atom stereocenters. The van der Waals surface area contributed by atoms with E-state index in [0.717, 1.165) is 0 Å². The highest BCUT2D eigenvalue weighted by Crippen LogP contribution is 2.52. The molecule has 0 saturated heterocycles. The van der Waals surface area contributed by atoms with Gasteiger partial charge in [0.2, 0.25) is 0 Å². The minimum atomic E-state index is -0.719. The van der Waals surface area contributed by atoms with Crippen LogP contribution >= 0.6 is 0 Å². The van der Waals surface area contributed by atoms with Gasteiger partial charge in [-0.1, -0.05) is 109 Å². The van der Waals surface area contributed by atoms with Crippen molar-refractivity contribution in [3.8, 4) is 12.1 Å². The van der Waals surface area contributed by atoms with Crippen LogP contribution in [0.5, 0.6) is 0 Å². The standard InChI is InChI=1S/C44H30FN5/c45-41-43(49(35-23-11-3-12-24-35)36-25-13-4-14-26-36)39(31-46)42(48(33-19-7-1-8-20-33)34-21-9-2-10-22-34)40(32-47)44(41)50(37-27-15-5-16-28-37)38-29-17-6-18-30-38/h1-30H. The summed E-state index contributed by atoms with van der Waals surface area (Å²) in [5, 5.41) is 22.4. The van der Waals surface area contributed by atoms with Gasteiger partial charge in [-0.05, 0) is 72.8 Å².